The number of aliphatic carboxylic acids is 1. The van der Waals surface area contributed by atoms with E-state index in [4.69, 9.17) is 4.74 Å². The molecular weight excluding hydrogens is 452 g/mol. The number of unbranched alkanes of at least 4 members (excludes halogenated alkanes) is 1. The van der Waals surface area contributed by atoms with Gasteiger partial charge < -0.3 is 15.2 Å². The van der Waals surface area contributed by atoms with Gasteiger partial charge in [-0.15, -0.1) is 0 Å². The smallest absolute Gasteiger partial charge is 0.407 e. The Morgan fingerprint density at radius 2 is 1.22 bits per heavy atom. The van der Waals surface area contributed by atoms with Gasteiger partial charge in [0.2, 0.25) is 0 Å². The molecule has 3 N–H and O–H groups in total. The van der Waals surface area contributed by atoms with E-state index in [1.807, 2.05) is 112 Å². The lowest BCUT2D eigenvalue weighted by atomic mass is 9.76. The number of hydrogen-bond donors (Lipinski definition) is 3. The van der Waals surface area contributed by atoms with Gasteiger partial charge in [-0.05, 0) is 56.7 Å². The Bertz CT molecular complexity index is 999. The second-order valence-electron chi connectivity index (χ2n) is 9.81. The fourth-order valence-electron chi connectivity index (χ4n) is 4.31. The highest BCUT2D eigenvalue weighted by Gasteiger charge is 2.39. The van der Waals surface area contributed by atoms with Crippen molar-refractivity contribution in [1.29, 1.82) is 0 Å². The highest BCUT2D eigenvalue weighted by atomic mass is 16.6. The monoisotopic (exact) mass is 488 g/mol. The molecule has 190 valence electrons. The molecule has 36 heavy (non-hydrogen) atoms. The molecule has 0 bridgehead atoms. The molecule has 0 aromatic heterocycles. The minimum absolute atomic E-state index is 0.402. The summed E-state index contributed by atoms with van der Waals surface area (Å²) in [6.45, 7) is 5.86. The average molecular weight is 489 g/mol. The predicted molar refractivity (Wildman–Crippen MR) is 142 cm³/mol. The van der Waals surface area contributed by atoms with E-state index in [-0.39, 0.29) is 0 Å². The maximum absolute atomic E-state index is 12.4. The van der Waals surface area contributed by atoms with E-state index in [1.165, 1.54) is 0 Å². The number of amides is 1. The van der Waals surface area contributed by atoms with Crippen LogP contribution in [0.1, 0.15) is 56.7 Å². The number of carboxylic acid groups (broad SMARTS) is 1. The second-order valence-corrected chi connectivity index (χ2v) is 9.81. The summed E-state index contributed by atoms with van der Waals surface area (Å²) in [7, 11) is 0. The summed E-state index contributed by atoms with van der Waals surface area (Å²) < 4.78 is 5.26. The summed E-state index contributed by atoms with van der Waals surface area (Å²) in [6.07, 6.45) is 1.19. The van der Waals surface area contributed by atoms with Crippen molar-refractivity contribution in [2.24, 2.45) is 0 Å². The zero-order chi connectivity index (χ0) is 26.0. The van der Waals surface area contributed by atoms with Gasteiger partial charge in [0.1, 0.15) is 11.6 Å². The van der Waals surface area contributed by atoms with Crippen LogP contribution in [0.3, 0.4) is 0 Å². The highest BCUT2D eigenvalue weighted by molar-refractivity contribution is 5.74. The van der Waals surface area contributed by atoms with E-state index in [0.29, 0.717) is 25.8 Å². The van der Waals surface area contributed by atoms with E-state index in [0.717, 1.165) is 16.7 Å². The average Bonchev–Trinajstić information content (AvgIpc) is 2.86. The quantitative estimate of drug-likeness (QED) is 0.237. The van der Waals surface area contributed by atoms with Crippen LogP contribution in [0.2, 0.25) is 0 Å². The number of benzene rings is 3. The Balaban J connectivity index is 1.84. The molecule has 0 spiro atoms. The third-order valence-electron chi connectivity index (χ3n) is 5.90. The van der Waals surface area contributed by atoms with Crippen LogP contribution < -0.4 is 10.6 Å². The van der Waals surface area contributed by atoms with E-state index in [1.54, 1.807) is 0 Å². The summed E-state index contributed by atoms with van der Waals surface area (Å²) in [5.41, 5.74) is 1.46. The lowest BCUT2D eigenvalue weighted by molar-refractivity contribution is -0.140. The molecule has 0 saturated heterocycles. The fraction of sp³-hybridized carbons (Fsp3) is 0.333. The standard InChI is InChI=1S/C30H36N2O4/c1-29(2,3)36-28(35)31-22-14-13-21-26(27(33)34)32-30(23-15-7-4-8-16-23,24-17-9-5-10-18-24)25-19-11-6-12-20-25/h4-12,15-20,26,32H,13-14,21-22H2,1-3H3,(H,31,35)(H,33,34). The lowest BCUT2D eigenvalue weighted by Gasteiger charge is -2.39. The van der Waals surface area contributed by atoms with Crippen LogP contribution in [-0.4, -0.2) is 35.4 Å². The molecule has 0 aliphatic carbocycles. The topological polar surface area (TPSA) is 87.7 Å². The second kappa shape index (κ2) is 12.4. The number of ether oxygens (including phenoxy) is 1. The fourth-order valence-corrected chi connectivity index (χ4v) is 4.31. The van der Waals surface area contributed by atoms with Gasteiger partial charge in [-0.25, -0.2) is 4.79 Å². The molecule has 1 amide bonds. The summed E-state index contributed by atoms with van der Waals surface area (Å²) >= 11 is 0. The van der Waals surface area contributed by atoms with Crippen LogP contribution in [0.25, 0.3) is 0 Å². The highest BCUT2D eigenvalue weighted by Crippen LogP contribution is 2.37. The number of nitrogens with one attached hydrogen (secondary N) is 2. The van der Waals surface area contributed by atoms with Crippen molar-refractivity contribution in [3.8, 4) is 0 Å². The first kappa shape index (κ1) is 27.0. The van der Waals surface area contributed by atoms with E-state index in [9.17, 15) is 14.7 Å². The molecular formula is C30H36N2O4. The molecule has 6 nitrogen and oxygen atoms in total. The number of carboxylic acids is 1. The Morgan fingerprint density at radius 3 is 1.61 bits per heavy atom. The SMILES string of the molecule is CC(C)(C)OC(=O)NCCCCC(NC(c1ccccc1)(c1ccccc1)c1ccccc1)C(=O)O. The van der Waals surface area contributed by atoms with Gasteiger partial charge in [0.05, 0.1) is 5.54 Å². The van der Waals surface area contributed by atoms with Crippen molar-refractivity contribution in [3.05, 3.63) is 108 Å². The van der Waals surface area contributed by atoms with Crippen molar-refractivity contribution in [3.63, 3.8) is 0 Å². The molecule has 3 aromatic carbocycles. The van der Waals surface area contributed by atoms with Crippen molar-refractivity contribution < 1.29 is 19.4 Å². The Labute approximate surface area is 213 Å². The Morgan fingerprint density at radius 1 is 0.778 bits per heavy atom. The van der Waals surface area contributed by atoms with Crippen molar-refractivity contribution in [1.82, 2.24) is 10.6 Å². The molecule has 1 unspecified atom stereocenters. The molecule has 0 heterocycles. The largest absolute Gasteiger partial charge is 0.480 e. The van der Waals surface area contributed by atoms with E-state index >= 15 is 0 Å². The van der Waals surface area contributed by atoms with Crippen LogP contribution in [0.15, 0.2) is 91.0 Å². The van der Waals surface area contributed by atoms with Crippen LogP contribution >= 0.6 is 0 Å². The lowest BCUT2D eigenvalue weighted by Crippen LogP contribution is -2.52. The number of hydrogen-bond acceptors (Lipinski definition) is 4. The van der Waals surface area contributed by atoms with Gasteiger partial charge >= 0.3 is 12.1 Å². The molecule has 3 rings (SSSR count). The van der Waals surface area contributed by atoms with Crippen LogP contribution in [0, 0.1) is 0 Å². The molecule has 3 aromatic rings. The van der Waals surface area contributed by atoms with Crippen molar-refractivity contribution >= 4 is 12.1 Å². The molecule has 0 fully saturated rings. The molecule has 1 atom stereocenters. The van der Waals surface area contributed by atoms with Gasteiger partial charge in [-0.1, -0.05) is 91.0 Å². The van der Waals surface area contributed by atoms with Crippen molar-refractivity contribution in [2.75, 3.05) is 6.54 Å². The molecule has 6 heteroatoms. The summed E-state index contributed by atoms with van der Waals surface area (Å²) in [5.74, 6) is -0.915. The first-order valence-corrected chi connectivity index (χ1v) is 12.4. The minimum atomic E-state index is -0.915. The van der Waals surface area contributed by atoms with Gasteiger partial charge in [-0.3, -0.25) is 10.1 Å². The van der Waals surface area contributed by atoms with Gasteiger partial charge in [0.25, 0.3) is 0 Å². The van der Waals surface area contributed by atoms with Crippen LogP contribution in [-0.2, 0) is 15.1 Å². The zero-order valence-corrected chi connectivity index (χ0v) is 21.2. The zero-order valence-electron chi connectivity index (χ0n) is 21.2. The first-order chi connectivity index (χ1) is 17.2. The normalized spacial score (nSPS) is 12.5. The van der Waals surface area contributed by atoms with Gasteiger partial charge in [0, 0.05) is 6.54 Å². The minimum Gasteiger partial charge on any atom is -0.480 e. The van der Waals surface area contributed by atoms with Crippen molar-refractivity contribution in [2.45, 2.75) is 57.2 Å². The summed E-state index contributed by atoms with van der Waals surface area (Å²) in [6, 6.07) is 29.0. The number of carbonyl (C=O) groups excluding carboxylic acids is 1. The molecule has 0 saturated carbocycles. The maximum Gasteiger partial charge on any atom is 0.407 e. The maximum atomic E-state index is 12.4. The van der Waals surface area contributed by atoms with Gasteiger partial charge in [0.15, 0.2) is 0 Å². The van der Waals surface area contributed by atoms with Gasteiger partial charge in [-0.2, -0.15) is 0 Å². The summed E-state index contributed by atoms with van der Waals surface area (Å²) in [5, 5.41) is 16.5. The third kappa shape index (κ3) is 7.18. The Kier molecular flexibility index (Phi) is 9.25. The first-order valence-electron chi connectivity index (χ1n) is 12.4. The molecule has 0 aliphatic heterocycles. The number of rotatable bonds is 11. The number of alkyl carbamates (subject to hydrolysis) is 1. The van der Waals surface area contributed by atoms with Crippen LogP contribution in [0.5, 0.6) is 0 Å². The Hall–Kier alpha value is -3.64. The molecule has 0 radical (unpaired) electrons. The third-order valence-corrected chi connectivity index (χ3v) is 5.90. The molecule has 0 aliphatic rings. The van der Waals surface area contributed by atoms with Crippen LogP contribution in [0.4, 0.5) is 4.79 Å². The van der Waals surface area contributed by atoms with E-state index in [2.05, 4.69) is 10.6 Å². The summed E-state index contributed by atoms with van der Waals surface area (Å²) in [4.78, 5) is 24.3. The number of carbonyl (C=O) groups is 2. The van der Waals surface area contributed by atoms with E-state index < -0.39 is 29.2 Å². The predicted octanol–water partition coefficient (Wildman–Crippen LogP) is 5.72.